The fourth-order valence-corrected chi connectivity index (χ4v) is 2.12. The molecule has 1 aromatic carbocycles. The van der Waals surface area contributed by atoms with Crippen LogP contribution in [0.3, 0.4) is 0 Å². The van der Waals surface area contributed by atoms with E-state index in [1.165, 1.54) is 5.56 Å². The highest BCUT2D eigenvalue weighted by Gasteiger charge is 2.05. The zero-order valence-corrected chi connectivity index (χ0v) is 13.3. The average Bonchev–Trinajstić information content (AvgIpc) is 2.76. The number of ether oxygens (including phenoxy) is 1. The van der Waals surface area contributed by atoms with E-state index in [9.17, 15) is 0 Å². The van der Waals surface area contributed by atoms with Gasteiger partial charge in [0.15, 0.2) is 0 Å². The molecule has 5 nitrogen and oxygen atoms in total. The van der Waals surface area contributed by atoms with Crippen LogP contribution in [0.15, 0.2) is 24.3 Å². The van der Waals surface area contributed by atoms with Gasteiger partial charge in [-0.25, -0.2) is 9.67 Å². The van der Waals surface area contributed by atoms with Gasteiger partial charge in [0, 0.05) is 18.2 Å². The summed E-state index contributed by atoms with van der Waals surface area (Å²) in [6.07, 6.45) is 0. The van der Waals surface area contributed by atoms with Crippen molar-refractivity contribution in [3.63, 3.8) is 0 Å². The molecule has 1 heterocycles. The quantitative estimate of drug-likeness (QED) is 0.850. The lowest BCUT2D eigenvalue weighted by molar-refractivity contribution is 0.286. The fourth-order valence-electron chi connectivity index (χ4n) is 2.12. The average molecular weight is 288 g/mol. The summed E-state index contributed by atoms with van der Waals surface area (Å²) in [5.41, 5.74) is 1.18. The van der Waals surface area contributed by atoms with Gasteiger partial charge in [0.05, 0.1) is 6.54 Å². The Morgan fingerprint density at radius 3 is 2.67 bits per heavy atom. The first kappa shape index (κ1) is 15.5. The number of rotatable bonds is 7. The number of aromatic nitrogens is 3. The Morgan fingerprint density at radius 2 is 2.00 bits per heavy atom. The number of aryl methyl sites for hydroxylation is 2. The van der Waals surface area contributed by atoms with Crippen molar-refractivity contribution in [3.8, 4) is 5.75 Å². The van der Waals surface area contributed by atoms with Crippen LogP contribution in [0.1, 0.15) is 31.1 Å². The van der Waals surface area contributed by atoms with Gasteiger partial charge in [0.25, 0.3) is 0 Å². The first-order valence-corrected chi connectivity index (χ1v) is 7.38. The molecule has 0 fully saturated rings. The Bertz CT molecular complexity index is 577. The summed E-state index contributed by atoms with van der Waals surface area (Å²) in [7, 11) is 0. The number of nitrogens with zero attached hydrogens (tertiary/aromatic N) is 3. The lowest BCUT2D eigenvalue weighted by Crippen LogP contribution is -2.22. The van der Waals surface area contributed by atoms with Crippen LogP contribution < -0.4 is 10.1 Å². The maximum atomic E-state index is 5.91. The van der Waals surface area contributed by atoms with Gasteiger partial charge in [-0.2, -0.15) is 5.10 Å². The van der Waals surface area contributed by atoms with E-state index in [-0.39, 0.29) is 0 Å². The minimum absolute atomic E-state index is 0.457. The van der Waals surface area contributed by atoms with E-state index in [4.69, 9.17) is 4.74 Å². The van der Waals surface area contributed by atoms with E-state index >= 15 is 0 Å². The third kappa shape index (κ3) is 4.56. The largest absolute Gasteiger partial charge is 0.491 e. The van der Waals surface area contributed by atoms with Gasteiger partial charge in [0.2, 0.25) is 0 Å². The summed E-state index contributed by atoms with van der Waals surface area (Å²) < 4.78 is 7.79. The molecule has 114 valence electrons. The van der Waals surface area contributed by atoms with Crippen molar-refractivity contribution in [2.24, 2.45) is 0 Å². The minimum Gasteiger partial charge on any atom is -0.491 e. The van der Waals surface area contributed by atoms with Gasteiger partial charge in [-0.05, 0) is 19.9 Å². The Kier molecular flexibility index (Phi) is 5.33. The predicted octanol–water partition coefficient (Wildman–Crippen LogP) is 2.47. The Hall–Kier alpha value is -1.88. The summed E-state index contributed by atoms with van der Waals surface area (Å²) in [4.78, 5) is 4.29. The number of para-hydroxylation sites is 1. The van der Waals surface area contributed by atoms with Crippen molar-refractivity contribution in [2.45, 2.75) is 46.8 Å². The Morgan fingerprint density at radius 1 is 1.24 bits per heavy atom. The van der Waals surface area contributed by atoms with E-state index in [0.29, 0.717) is 19.2 Å². The van der Waals surface area contributed by atoms with Gasteiger partial charge >= 0.3 is 0 Å². The van der Waals surface area contributed by atoms with E-state index < -0.39 is 0 Å². The highest BCUT2D eigenvalue weighted by Crippen LogP contribution is 2.18. The monoisotopic (exact) mass is 288 g/mol. The maximum Gasteiger partial charge on any atom is 0.147 e. The van der Waals surface area contributed by atoms with E-state index in [1.807, 2.05) is 36.7 Å². The first-order chi connectivity index (χ1) is 10.1. The molecule has 0 bridgehead atoms. The summed E-state index contributed by atoms with van der Waals surface area (Å²) in [6, 6.07) is 8.60. The lowest BCUT2D eigenvalue weighted by Gasteiger charge is -2.13. The smallest absolute Gasteiger partial charge is 0.147 e. The molecule has 0 aliphatic heterocycles. The molecule has 2 aromatic rings. The van der Waals surface area contributed by atoms with Crippen LogP contribution in [0.4, 0.5) is 0 Å². The molecule has 0 unspecified atom stereocenters. The molecule has 1 aromatic heterocycles. The van der Waals surface area contributed by atoms with Crippen molar-refractivity contribution in [1.82, 2.24) is 20.1 Å². The van der Waals surface area contributed by atoms with E-state index in [2.05, 4.69) is 35.3 Å². The van der Waals surface area contributed by atoms with Crippen molar-refractivity contribution in [3.05, 3.63) is 41.5 Å². The summed E-state index contributed by atoms with van der Waals surface area (Å²) in [5, 5.41) is 7.75. The summed E-state index contributed by atoms with van der Waals surface area (Å²) in [5.74, 6) is 2.65. The van der Waals surface area contributed by atoms with Crippen molar-refractivity contribution in [1.29, 1.82) is 0 Å². The van der Waals surface area contributed by atoms with Gasteiger partial charge in [-0.1, -0.05) is 32.0 Å². The van der Waals surface area contributed by atoms with Crippen LogP contribution in [0.25, 0.3) is 0 Å². The zero-order chi connectivity index (χ0) is 15.2. The number of hydrogen-bond acceptors (Lipinski definition) is 4. The SMILES string of the molecule is Cc1nc(C)n(CCOc2ccccc2CNC(C)C)n1. The predicted molar refractivity (Wildman–Crippen MR) is 83.4 cm³/mol. The number of benzene rings is 1. The number of hydrogen-bond donors (Lipinski definition) is 1. The van der Waals surface area contributed by atoms with Crippen LogP contribution in [-0.4, -0.2) is 27.4 Å². The molecule has 5 heteroatoms. The highest BCUT2D eigenvalue weighted by atomic mass is 16.5. The third-order valence-electron chi connectivity index (χ3n) is 3.20. The van der Waals surface area contributed by atoms with Crippen molar-refractivity contribution in [2.75, 3.05) is 6.61 Å². The molecule has 2 rings (SSSR count). The molecule has 0 atom stereocenters. The van der Waals surface area contributed by atoms with Crippen molar-refractivity contribution >= 4 is 0 Å². The fraction of sp³-hybridized carbons (Fsp3) is 0.500. The van der Waals surface area contributed by atoms with Crippen LogP contribution in [0, 0.1) is 13.8 Å². The van der Waals surface area contributed by atoms with Crippen LogP contribution in [0.2, 0.25) is 0 Å². The molecule has 0 radical (unpaired) electrons. The molecule has 0 aliphatic rings. The lowest BCUT2D eigenvalue weighted by atomic mass is 10.2. The van der Waals surface area contributed by atoms with E-state index in [0.717, 1.165) is 23.9 Å². The van der Waals surface area contributed by atoms with Crippen LogP contribution in [-0.2, 0) is 13.1 Å². The zero-order valence-electron chi connectivity index (χ0n) is 13.3. The standard InChI is InChI=1S/C16H24N4O/c1-12(2)17-11-15-7-5-6-8-16(15)21-10-9-20-14(4)18-13(3)19-20/h5-8,12,17H,9-11H2,1-4H3. The van der Waals surface area contributed by atoms with Gasteiger partial charge < -0.3 is 10.1 Å². The molecule has 0 aliphatic carbocycles. The summed E-state index contributed by atoms with van der Waals surface area (Å²) >= 11 is 0. The maximum absolute atomic E-state index is 5.91. The third-order valence-corrected chi connectivity index (χ3v) is 3.20. The van der Waals surface area contributed by atoms with Gasteiger partial charge in [-0.3, -0.25) is 0 Å². The van der Waals surface area contributed by atoms with Crippen LogP contribution in [0.5, 0.6) is 5.75 Å². The molecule has 1 N–H and O–H groups in total. The highest BCUT2D eigenvalue weighted by molar-refractivity contribution is 5.33. The second-order valence-corrected chi connectivity index (χ2v) is 5.42. The minimum atomic E-state index is 0.457. The first-order valence-electron chi connectivity index (χ1n) is 7.38. The number of nitrogens with one attached hydrogen (secondary N) is 1. The van der Waals surface area contributed by atoms with Gasteiger partial charge in [0.1, 0.15) is 24.0 Å². The van der Waals surface area contributed by atoms with Gasteiger partial charge in [-0.15, -0.1) is 0 Å². The van der Waals surface area contributed by atoms with Crippen LogP contribution >= 0.6 is 0 Å². The van der Waals surface area contributed by atoms with Crippen molar-refractivity contribution < 1.29 is 4.74 Å². The van der Waals surface area contributed by atoms with E-state index in [1.54, 1.807) is 0 Å². The molecular formula is C16H24N4O. The molecule has 0 saturated heterocycles. The second-order valence-electron chi connectivity index (χ2n) is 5.42. The normalized spacial score (nSPS) is 11.1. The molecule has 0 saturated carbocycles. The second kappa shape index (κ2) is 7.22. The Labute approximate surface area is 126 Å². The topological polar surface area (TPSA) is 52.0 Å². The molecular weight excluding hydrogens is 264 g/mol. The molecule has 21 heavy (non-hydrogen) atoms. The molecule has 0 spiro atoms. The Balaban J connectivity index is 1.92. The molecule has 0 amide bonds. The summed E-state index contributed by atoms with van der Waals surface area (Å²) in [6.45, 7) is 10.2.